The zero-order valence-electron chi connectivity index (χ0n) is 10.4. The van der Waals surface area contributed by atoms with Gasteiger partial charge in [-0.25, -0.2) is 0 Å². The molecule has 0 aliphatic rings. The topological polar surface area (TPSA) is 70.5 Å². The van der Waals surface area contributed by atoms with E-state index in [9.17, 15) is 0 Å². The molecule has 0 unspecified atom stereocenters. The van der Waals surface area contributed by atoms with Gasteiger partial charge in [0.2, 0.25) is 0 Å². The number of benzene rings is 2. The molecule has 0 saturated heterocycles. The Morgan fingerprint density at radius 1 is 0.722 bits per heavy atom. The second-order valence-electron chi connectivity index (χ2n) is 3.86. The van der Waals surface area contributed by atoms with Gasteiger partial charge in [-0.2, -0.15) is 0 Å². The lowest BCUT2D eigenvalue weighted by Gasteiger charge is -2.15. The first kappa shape index (κ1) is 12.1. The van der Waals surface area contributed by atoms with Crippen LogP contribution < -0.4 is 20.9 Å². The van der Waals surface area contributed by atoms with Crippen LogP contribution in [0.15, 0.2) is 36.4 Å². The highest BCUT2D eigenvalue weighted by molar-refractivity contribution is 5.84. The van der Waals surface area contributed by atoms with Crippen molar-refractivity contribution in [3.63, 3.8) is 0 Å². The van der Waals surface area contributed by atoms with Crippen molar-refractivity contribution in [2.24, 2.45) is 0 Å². The summed E-state index contributed by atoms with van der Waals surface area (Å²) in [6.45, 7) is 0. The molecule has 0 heterocycles. The summed E-state index contributed by atoms with van der Waals surface area (Å²) < 4.78 is 10.7. The molecule has 0 fully saturated rings. The summed E-state index contributed by atoms with van der Waals surface area (Å²) in [5, 5.41) is 0. The molecule has 0 radical (unpaired) electrons. The summed E-state index contributed by atoms with van der Waals surface area (Å²) in [6.07, 6.45) is 0. The molecule has 2 rings (SSSR count). The highest BCUT2D eigenvalue weighted by Crippen LogP contribution is 2.43. The van der Waals surface area contributed by atoms with Gasteiger partial charge < -0.3 is 20.9 Å². The standard InChI is InChI=1S/C14H16N2O2/c1-17-13-10(7-8-12(16)14(13)18-2)9-5-3-4-6-11(9)15/h3-8H,15-16H2,1-2H3. The van der Waals surface area contributed by atoms with Crippen LogP contribution in [0.1, 0.15) is 0 Å². The Balaban J connectivity index is 2.69. The number of nitrogen functional groups attached to an aromatic ring is 2. The summed E-state index contributed by atoms with van der Waals surface area (Å²) in [6, 6.07) is 11.2. The smallest absolute Gasteiger partial charge is 0.184 e. The molecule has 0 saturated carbocycles. The molecule has 0 spiro atoms. The Morgan fingerprint density at radius 2 is 1.39 bits per heavy atom. The zero-order chi connectivity index (χ0) is 13.1. The van der Waals surface area contributed by atoms with Crippen molar-refractivity contribution >= 4 is 11.4 Å². The monoisotopic (exact) mass is 244 g/mol. The van der Waals surface area contributed by atoms with Gasteiger partial charge in [-0.15, -0.1) is 0 Å². The highest BCUT2D eigenvalue weighted by Gasteiger charge is 2.15. The van der Waals surface area contributed by atoms with E-state index < -0.39 is 0 Å². The lowest BCUT2D eigenvalue weighted by Crippen LogP contribution is -1.99. The SMILES string of the molecule is COc1c(N)ccc(-c2ccccc2N)c1OC. The third-order valence-corrected chi connectivity index (χ3v) is 2.80. The minimum Gasteiger partial charge on any atom is -0.492 e. The quantitative estimate of drug-likeness (QED) is 0.814. The van der Waals surface area contributed by atoms with E-state index in [0.717, 1.165) is 11.1 Å². The van der Waals surface area contributed by atoms with Gasteiger partial charge in [0.05, 0.1) is 19.9 Å². The molecule has 0 amide bonds. The van der Waals surface area contributed by atoms with Gasteiger partial charge in [0.1, 0.15) is 0 Å². The lowest BCUT2D eigenvalue weighted by molar-refractivity contribution is 0.358. The summed E-state index contributed by atoms with van der Waals surface area (Å²) in [5.41, 5.74) is 14.8. The van der Waals surface area contributed by atoms with E-state index >= 15 is 0 Å². The number of anilines is 2. The zero-order valence-corrected chi connectivity index (χ0v) is 10.4. The van der Waals surface area contributed by atoms with Crippen LogP contribution in [0.4, 0.5) is 11.4 Å². The van der Waals surface area contributed by atoms with E-state index in [4.69, 9.17) is 20.9 Å². The summed E-state index contributed by atoms with van der Waals surface area (Å²) in [7, 11) is 3.15. The molecule has 0 aliphatic heterocycles. The maximum Gasteiger partial charge on any atom is 0.184 e. The fraction of sp³-hybridized carbons (Fsp3) is 0.143. The molecule has 4 N–H and O–H groups in total. The molecule has 0 aliphatic carbocycles. The minimum absolute atomic E-state index is 0.526. The molecule has 4 nitrogen and oxygen atoms in total. The second-order valence-corrected chi connectivity index (χ2v) is 3.86. The first-order valence-corrected chi connectivity index (χ1v) is 5.54. The Kier molecular flexibility index (Phi) is 3.28. The first-order chi connectivity index (χ1) is 8.69. The van der Waals surface area contributed by atoms with Crippen LogP contribution >= 0.6 is 0 Å². The van der Waals surface area contributed by atoms with Crippen LogP contribution in [0.5, 0.6) is 11.5 Å². The number of methoxy groups -OCH3 is 2. The number of hydrogen-bond donors (Lipinski definition) is 2. The van der Waals surface area contributed by atoms with Crippen molar-refractivity contribution in [1.82, 2.24) is 0 Å². The molecule has 4 heteroatoms. The molecule has 94 valence electrons. The number of rotatable bonds is 3. The van der Waals surface area contributed by atoms with Crippen LogP contribution in [0.2, 0.25) is 0 Å². The predicted octanol–water partition coefficient (Wildman–Crippen LogP) is 2.54. The van der Waals surface area contributed by atoms with Crippen molar-refractivity contribution in [3.8, 4) is 22.6 Å². The van der Waals surface area contributed by atoms with Crippen molar-refractivity contribution in [1.29, 1.82) is 0 Å². The number of nitrogens with two attached hydrogens (primary N) is 2. The summed E-state index contributed by atoms with van der Waals surface area (Å²) in [4.78, 5) is 0. The average molecular weight is 244 g/mol. The number of para-hydroxylation sites is 1. The van der Waals surface area contributed by atoms with Gasteiger partial charge in [-0.1, -0.05) is 18.2 Å². The Hall–Kier alpha value is -2.36. The van der Waals surface area contributed by atoms with E-state index in [2.05, 4.69) is 0 Å². The first-order valence-electron chi connectivity index (χ1n) is 5.54. The summed E-state index contributed by atoms with van der Waals surface area (Å²) in [5.74, 6) is 1.12. The second kappa shape index (κ2) is 4.87. The normalized spacial score (nSPS) is 10.1. The average Bonchev–Trinajstić information content (AvgIpc) is 2.39. The van der Waals surface area contributed by atoms with Gasteiger partial charge in [0.15, 0.2) is 11.5 Å². The lowest BCUT2D eigenvalue weighted by atomic mass is 10.0. The maximum absolute atomic E-state index is 5.98. The summed E-state index contributed by atoms with van der Waals surface area (Å²) >= 11 is 0. The van der Waals surface area contributed by atoms with Crippen LogP contribution in [0.3, 0.4) is 0 Å². The number of hydrogen-bond acceptors (Lipinski definition) is 4. The highest BCUT2D eigenvalue weighted by atomic mass is 16.5. The third kappa shape index (κ3) is 1.93. The maximum atomic E-state index is 5.98. The molecule has 0 atom stereocenters. The van der Waals surface area contributed by atoms with Crippen molar-refractivity contribution in [3.05, 3.63) is 36.4 Å². The van der Waals surface area contributed by atoms with E-state index in [1.165, 1.54) is 0 Å². The minimum atomic E-state index is 0.526. The number of ether oxygens (including phenoxy) is 2. The van der Waals surface area contributed by atoms with Gasteiger partial charge in [-0.05, 0) is 18.2 Å². The molecule has 2 aromatic rings. The largest absolute Gasteiger partial charge is 0.492 e. The molecular formula is C14H16N2O2. The Labute approximate surface area is 106 Å². The predicted molar refractivity (Wildman–Crippen MR) is 73.8 cm³/mol. The van der Waals surface area contributed by atoms with Gasteiger partial charge in [0, 0.05) is 16.8 Å². The Bertz CT molecular complexity index is 568. The Morgan fingerprint density at radius 3 is 2.00 bits per heavy atom. The van der Waals surface area contributed by atoms with Crippen LogP contribution in [-0.2, 0) is 0 Å². The fourth-order valence-corrected chi connectivity index (χ4v) is 1.95. The molecule has 18 heavy (non-hydrogen) atoms. The van der Waals surface area contributed by atoms with Gasteiger partial charge in [0.25, 0.3) is 0 Å². The van der Waals surface area contributed by atoms with Crippen LogP contribution in [0, 0.1) is 0 Å². The van der Waals surface area contributed by atoms with E-state index in [1.54, 1.807) is 20.3 Å². The molecule has 0 aromatic heterocycles. The van der Waals surface area contributed by atoms with Gasteiger partial charge >= 0.3 is 0 Å². The van der Waals surface area contributed by atoms with Crippen molar-refractivity contribution in [2.45, 2.75) is 0 Å². The molecular weight excluding hydrogens is 228 g/mol. The van der Waals surface area contributed by atoms with Crippen LogP contribution in [0.25, 0.3) is 11.1 Å². The third-order valence-electron chi connectivity index (χ3n) is 2.80. The van der Waals surface area contributed by atoms with E-state index in [1.807, 2.05) is 30.3 Å². The van der Waals surface area contributed by atoms with Crippen molar-refractivity contribution in [2.75, 3.05) is 25.7 Å². The van der Waals surface area contributed by atoms with Crippen LogP contribution in [-0.4, -0.2) is 14.2 Å². The van der Waals surface area contributed by atoms with Crippen molar-refractivity contribution < 1.29 is 9.47 Å². The van der Waals surface area contributed by atoms with E-state index in [-0.39, 0.29) is 0 Å². The van der Waals surface area contributed by atoms with E-state index in [0.29, 0.717) is 22.9 Å². The molecule has 0 bridgehead atoms. The molecule has 2 aromatic carbocycles. The van der Waals surface area contributed by atoms with Gasteiger partial charge in [-0.3, -0.25) is 0 Å². The fourth-order valence-electron chi connectivity index (χ4n) is 1.95.